The Morgan fingerprint density at radius 2 is 1.10 bits per heavy atom. The molecule has 0 radical (unpaired) electrons. The number of halogens is 7. The molecule has 2 fully saturated rings. The van der Waals surface area contributed by atoms with E-state index in [0.29, 0.717) is 71.7 Å². The van der Waals surface area contributed by atoms with Crippen molar-refractivity contribution in [2.75, 3.05) is 50.2 Å². The number of anilines is 2. The first-order valence-corrected chi connectivity index (χ1v) is 20.1. The number of hydrogen-bond donors (Lipinski definition) is 3. The van der Waals surface area contributed by atoms with Crippen molar-refractivity contribution < 1.29 is 50.4 Å². The molecule has 6 heterocycles. The summed E-state index contributed by atoms with van der Waals surface area (Å²) in [5.41, 5.74) is 8.38. The van der Waals surface area contributed by atoms with Crippen LogP contribution in [0.4, 0.5) is 37.7 Å². The molecule has 2 aliphatic heterocycles. The second-order valence-electron chi connectivity index (χ2n) is 14.4. The van der Waals surface area contributed by atoms with E-state index in [4.69, 9.17) is 35.6 Å². The number of imidazole rings is 2. The number of nitrogens with zero attached hydrogens (tertiary/aromatic N) is 6. The van der Waals surface area contributed by atoms with Gasteiger partial charge in [0.15, 0.2) is 29.0 Å². The lowest BCUT2D eigenvalue weighted by Gasteiger charge is -2.13. The second-order valence-corrected chi connectivity index (χ2v) is 14.8. The number of ether oxygens (including phenoxy) is 4. The predicted molar refractivity (Wildman–Crippen MR) is 221 cm³/mol. The van der Waals surface area contributed by atoms with Crippen LogP contribution in [0.15, 0.2) is 97.3 Å². The van der Waals surface area contributed by atoms with Crippen LogP contribution in [-0.2, 0) is 25.6 Å². The van der Waals surface area contributed by atoms with Crippen molar-refractivity contribution in [2.24, 2.45) is 0 Å². The quantitative estimate of drug-likeness (QED) is 0.101. The van der Waals surface area contributed by atoms with Crippen LogP contribution in [-0.4, -0.2) is 86.2 Å². The highest BCUT2D eigenvalue weighted by Gasteiger charge is 2.28. The van der Waals surface area contributed by atoms with Crippen molar-refractivity contribution in [3.63, 3.8) is 0 Å². The average Bonchev–Trinajstić information content (AvgIpc) is 4.11. The van der Waals surface area contributed by atoms with Crippen LogP contribution in [0.5, 0.6) is 0 Å². The van der Waals surface area contributed by atoms with Gasteiger partial charge < -0.3 is 34.7 Å². The Hall–Kier alpha value is -5.83. The largest absolute Gasteiger partial charge is 0.392 e. The van der Waals surface area contributed by atoms with Crippen LogP contribution in [0.25, 0.3) is 45.1 Å². The van der Waals surface area contributed by atoms with Crippen LogP contribution in [0.2, 0.25) is 5.15 Å². The van der Waals surface area contributed by atoms with Crippen molar-refractivity contribution in [3.8, 4) is 33.8 Å². The molecule has 20 heteroatoms. The van der Waals surface area contributed by atoms with Crippen molar-refractivity contribution in [1.29, 1.82) is 0 Å². The molecule has 7 aromatic rings. The predicted octanol–water partition coefficient (Wildman–Crippen LogP) is 9.42. The van der Waals surface area contributed by atoms with E-state index in [1.54, 1.807) is 41.2 Å². The van der Waals surface area contributed by atoms with Crippen LogP contribution >= 0.6 is 11.6 Å². The smallest absolute Gasteiger partial charge is 0.390 e. The van der Waals surface area contributed by atoms with Crippen LogP contribution in [0.3, 0.4) is 0 Å². The van der Waals surface area contributed by atoms with Crippen molar-refractivity contribution in [2.45, 2.75) is 44.4 Å². The van der Waals surface area contributed by atoms with Gasteiger partial charge in [0.2, 0.25) is 0 Å². The van der Waals surface area contributed by atoms with Gasteiger partial charge in [-0.2, -0.15) is 36.5 Å². The fraction of sp³-hybridized carbons (Fsp3) is 0.302. The van der Waals surface area contributed by atoms with Gasteiger partial charge >= 0.3 is 12.4 Å². The van der Waals surface area contributed by atoms with Gasteiger partial charge in [-0.05, 0) is 17.7 Å². The summed E-state index contributed by atoms with van der Waals surface area (Å²) in [6, 6.07) is 25.5. The van der Waals surface area contributed by atoms with Crippen LogP contribution < -0.4 is 10.6 Å². The minimum Gasteiger partial charge on any atom is -0.392 e. The third-order valence-corrected chi connectivity index (χ3v) is 10.1. The van der Waals surface area contributed by atoms with Gasteiger partial charge in [-0.3, -0.25) is 0 Å². The van der Waals surface area contributed by atoms with Gasteiger partial charge in [0.05, 0.1) is 86.7 Å². The van der Waals surface area contributed by atoms with Gasteiger partial charge in [0.25, 0.3) is 0 Å². The summed E-state index contributed by atoms with van der Waals surface area (Å²) >= 11 is 6.07. The van der Waals surface area contributed by atoms with E-state index in [1.807, 2.05) is 54.6 Å². The van der Waals surface area contributed by atoms with Gasteiger partial charge in [0.1, 0.15) is 0 Å². The summed E-state index contributed by atoms with van der Waals surface area (Å²) in [4.78, 5) is 8.75. The van der Waals surface area contributed by atoms with E-state index in [-0.39, 0.29) is 37.4 Å². The summed E-state index contributed by atoms with van der Waals surface area (Å²) in [7, 11) is 0. The number of hydrogen-bond acceptors (Lipinski definition) is 11. The van der Waals surface area contributed by atoms with Crippen LogP contribution in [0, 0.1) is 0 Å². The lowest BCUT2D eigenvalue weighted by atomic mass is 10.1. The molecule has 0 bridgehead atoms. The van der Waals surface area contributed by atoms with E-state index >= 15 is 0 Å². The number of benzene rings is 3. The van der Waals surface area contributed by atoms with Gasteiger partial charge in [0, 0.05) is 47.0 Å². The molecule has 0 amide bonds. The maximum atomic E-state index is 12.8. The minimum absolute atomic E-state index is 0.135. The monoisotopic (exact) mass is 896 g/mol. The van der Waals surface area contributed by atoms with Gasteiger partial charge in [-0.1, -0.05) is 78.3 Å². The molecule has 13 nitrogen and oxygen atoms in total. The van der Waals surface area contributed by atoms with E-state index in [2.05, 4.69) is 25.7 Å². The molecule has 0 spiro atoms. The lowest BCUT2D eigenvalue weighted by molar-refractivity contribution is -0.132. The zero-order valence-electron chi connectivity index (χ0n) is 33.2. The highest BCUT2D eigenvalue weighted by atomic mass is 35.5. The molecule has 9 rings (SSSR count). The highest BCUT2D eigenvalue weighted by Crippen LogP contribution is 2.33. The number of fused-ring (bicyclic) bond motifs is 2. The molecule has 63 heavy (non-hydrogen) atoms. The molecular formula is C43H39ClF6N8O5. The third-order valence-electron chi connectivity index (χ3n) is 9.96. The fourth-order valence-corrected chi connectivity index (χ4v) is 7.12. The Morgan fingerprint density at radius 3 is 1.57 bits per heavy atom. The van der Waals surface area contributed by atoms with E-state index in [1.165, 1.54) is 10.6 Å². The minimum atomic E-state index is -4.27. The third kappa shape index (κ3) is 10.7. The van der Waals surface area contributed by atoms with E-state index in [0.717, 1.165) is 27.8 Å². The Balaban J connectivity index is 0.000000177. The first-order chi connectivity index (χ1) is 30.3. The summed E-state index contributed by atoms with van der Waals surface area (Å²) in [6.45, 7) is 1.51. The molecule has 330 valence electrons. The maximum Gasteiger partial charge on any atom is 0.390 e. The molecule has 0 atom stereocenters. The summed E-state index contributed by atoms with van der Waals surface area (Å²) < 4.78 is 101. The standard InChI is InChI=1S/C25H23F3N4O3.C18H16ClF3N4O2/c26-25(27,28)8-9-29-21-13-20(19-3-1-2-16(12-19)15-33)31-32-22(14-30-23(21)32)17-4-6-18(7-5-17)24-34-10-11-35-24;19-15-9-13(23-6-5-18(20,21)22)16-24-10-14(26(16)25-15)11-1-3-12(4-2-11)17-27-7-8-28-17/h1-7,12-14,24,29,33H,8-11,15H2;1-4,9-10,17,23H,5-8H2. The Morgan fingerprint density at radius 1 is 0.619 bits per heavy atom. The van der Waals surface area contributed by atoms with Crippen molar-refractivity contribution >= 4 is 34.3 Å². The highest BCUT2D eigenvalue weighted by molar-refractivity contribution is 6.29. The number of aliphatic hydroxyl groups is 1. The number of rotatable bonds is 12. The molecule has 2 aliphatic rings. The zero-order valence-corrected chi connectivity index (χ0v) is 33.9. The maximum absolute atomic E-state index is 12.8. The van der Waals surface area contributed by atoms with E-state index < -0.39 is 25.2 Å². The van der Waals surface area contributed by atoms with Crippen LogP contribution in [0.1, 0.15) is 42.1 Å². The van der Waals surface area contributed by atoms with Gasteiger partial charge in [-0.25, -0.2) is 19.0 Å². The molecular weight excluding hydrogens is 858 g/mol. The average molecular weight is 897 g/mol. The van der Waals surface area contributed by atoms with Crippen molar-refractivity contribution in [3.05, 3.63) is 119 Å². The second kappa shape index (κ2) is 18.9. The van der Waals surface area contributed by atoms with E-state index in [9.17, 15) is 31.4 Å². The summed E-state index contributed by atoms with van der Waals surface area (Å²) in [5.74, 6) is 0. The Labute approximate surface area is 360 Å². The topological polar surface area (TPSA) is 142 Å². The summed E-state index contributed by atoms with van der Waals surface area (Å²) in [6.07, 6.45) is -7.96. The molecule has 3 N–H and O–H groups in total. The normalized spacial score (nSPS) is 15.0. The molecule has 0 unspecified atom stereocenters. The number of alkyl halides is 6. The molecule has 2 saturated heterocycles. The molecule has 3 aromatic carbocycles. The fourth-order valence-electron chi connectivity index (χ4n) is 6.93. The zero-order chi connectivity index (χ0) is 44.1. The first kappa shape index (κ1) is 43.8. The number of aliphatic hydroxyl groups excluding tert-OH is 1. The van der Waals surface area contributed by atoms with Crippen molar-refractivity contribution in [1.82, 2.24) is 29.2 Å². The molecule has 0 saturated carbocycles. The molecule has 0 aliphatic carbocycles. The molecule has 4 aromatic heterocycles. The first-order valence-electron chi connectivity index (χ1n) is 19.7. The number of aromatic nitrogens is 6. The van der Waals surface area contributed by atoms with Gasteiger partial charge in [-0.15, -0.1) is 0 Å². The number of nitrogens with one attached hydrogen (secondary N) is 2. The SMILES string of the molecule is FC(F)(F)CCNc1cc(Cl)nn2c(-c3ccc(C4OCCO4)cc3)cnc12.OCc1cccc(-c2cc(NCCC(F)(F)F)c3ncc(-c4ccc(C5OCCO5)cc4)n3n2)c1. The Bertz CT molecular complexity index is 2650. The lowest BCUT2D eigenvalue weighted by Crippen LogP contribution is -2.15. The summed E-state index contributed by atoms with van der Waals surface area (Å²) in [5, 5.41) is 24.2. The Kier molecular flexibility index (Phi) is 13.1.